The molecule has 3 rings (SSSR count). The number of rotatable bonds is 5. The molecule has 0 fully saturated rings. The molecule has 0 radical (unpaired) electrons. The fraction of sp³-hybridized carbons (Fsp3) is 0.412. The molecule has 0 unspecified atom stereocenters. The fourth-order valence-electron chi connectivity index (χ4n) is 3.10. The van der Waals surface area contributed by atoms with Crippen LogP contribution >= 0.6 is 11.6 Å². The summed E-state index contributed by atoms with van der Waals surface area (Å²) in [5, 5.41) is 0.139. The van der Waals surface area contributed by atoms with Crippen LogP contribution in [0, 0.1) is 0 Å². The van der Waals surface area contributed by atoms with E-state index in [9.17, 15) is 13.2 Å². The molecule has 10 heteroatoms. The first-order valence-corrected chi connectivity index (χ1v) is 10.4. The van der Waals surface area contributed by atoms with E-state index in [4.69, 9.17) is 21.1 Å². The van der Waals surface area contributed by atoms with Gasteiger partial charge >= 0.3 is 0 Å². The van der Waals surface area contributed by atoms with Gasteiger partial charge in [0, 0.05) is 31.5 Å². The molecule has 1 aliphatic heterocycles. The number of H-pyrrole nitrogens is 1. The third kappa shape index (κ3) is 4.10. The van der Waals surface area contributed by atoms with E-state index in [1.165, 1.54) is 14.2 Å². The molecule has 27 heavy (non-hydrogen) atoms. The summed E-state index contributed by atoms with van der Waals surface area (Å²) in [4.78, 5) is 20.8. The quantitative estimate of drug-likeness (QED) is 0.739. The molecule has 0 saturated carbocycles. The van der Waals surface area contributed by atoms with Crippen LogP contribution in [0.5, 0.6) is 11.5 Å². The Labute approximate surface area is 162 Å². The largest absolute Gasteiger partial charge is 0.493 e. The van der Waals surface area contributed by atoms with Gasteiger partial charge in [0.2, 0.25) is 15.0 Å². The summed E-state index contributed by atoms with van der Waals surface area (Å²) in [6.45, 7) is 1.55. The molecule has 146 valence electrons. The second-order valence-corrected chi connectivity index (χ2v) is 8.68. The number of hydrogen-bond acceptors (Lipinski definition) is 7. The molecule has 0 aliphatic carbocycles. The van der Waals surface area contributed by atoms with Crippen molar-refractivity contribution in [3.8, 4) is 11.5 Å². The van der Waals surface area contributed by atoms with Gasteiger partial charge in [-0.15, -0.1) is 0 Å². The van der Waals surface area contributed by atoms with Crippen LogP contribution in [0.25, 0.3) is 0 Å². The lowest BCUT2D eigenvalue weighted by molar-refractivity contribution is 0.238. The molecule has 0 atom stereocenters. The first-order chi connectivity index (χ1) is 12.7. The zero-order chi connectivity index (χ0) is 19.8. The van der Waals surface area contributed by atoms with Crippen LogP contribution in [0.2, 0.25) is 5.02 Å². The summed E-state index contributed by atoms with van der Waals surface area (Å²) < 4.78 is 34.0. The molecule has 0 amide bonds. The second-order valence-electron chi connectivity index (χ2n) is 6.34. The lowest BCUT2D eigenvalue weighted by Crippen LogP contribution is -2.35. The maximum atomic E-state index is 12.2. The van der Waals surface area contributed by atoms with E-state index in [2.05, 4.69) is 14.9 Å². The van der Waals surface area contributed by atoms with Crippen molar-refractivity contribution in [3.05, 3.63) is 44.3 Å². The van der Waals surface area contributed by atoms with Gasteiger partial charge in [-0.2, -0.15) is 0 Å². The summed E-state index contributed by atoms with van der Waals surface area (Å²) in [6, 6.07) is 3.64. The number of nitrogens with one attached hydrogen (secondary N) is 1. The van der Waals surface area contributed by atoms with Gasteiger partial charge in [0.1, 0.15) is 0 Å². The first kappa shape index (κ1) is 19.7. The molecule has 1 aromatic carbocycles. The number of halogens is 1. The van der Waals surface area contributed by atoms with Crippen molar-refractivity contribution >= 4 is 21.4 Å². The number of aromatic amines is 1. The van der Waals surface area contributed by atoms with Gasteiger partial charge in [0.25, 0.3) is 5.56 Å². The number of nitrogens with zero attached hydrogens (tertiary/aromatic N) is 2. The van der Waals surface area contributed by atoms with E-state index < -0.39 is 15.4 Å². The minimum Gasteiger partial charge on any atom is -0.493 e. The topological polar surface area (TPSA) is 102 Å². The highest BCUT2D eigenvalue weighted by Gasteiger charge is 2.24. The second kappa shape index (κ2) is 7.49. The monoisotopic (exact) mass is 413 g/mol. The number of sulfone groups is 1. The number of methoxy groups -OCH3 is 2. The number of benzene rings is 1. The van der Waals surface area contributed by atoms with E-state index >= 15 is 0 Å². The standard InChI is InChI=1S/C17H20ClN3O5S/c1-25-14-7-10(6-12(18)15(14)26-2)8-21-5-4-11-13(9-21)19-17(20-16(11)22)27(3,23)24/h6-7H,4-5,8-9H2,1-3H3,(H,19,20,22). The fourth-order valence-corrected chi connectivity index (χ4v) is 3.97. The van der Waals surface area contributed by atoms with Crippen molar-refractivity contribution in [3.63, 3.8) is 0 Å². The Kier molecular flexibility index (Phi) is 5.45. The summed E-state index contributed by atoms with van der Waals surface area (Å²) in [7, 11) is -0.529. The molecule has 0 spiro atoms. The number of hydrogen-bond donors (Lipinski definition) is 1. The predicted octanol–water partition coefficient (Wildman–Crippen LogP) is 1.40. The maximum Gasteiger partial charge on any atom is 0.255 e. The minimum absolute atomic E-state index is 0.303. The van der Waals surface area contributed by atoms with E-state index in [0.717, 1.165) is 11.8 Å². The Morgan fingerprint density at radius 3 is 2.67 bits per heavy atom. The smallest absolute Gasteiger partial charge is 0.255 e. The molecule has 1 aromatic heterocycles. The third-order valence-electron chi connectivity index (χ3n) is 4.38. The molecule has 0 saturated heterocycles. The lowest BCUT2D eigenvalue weighted by atomic mass is 10.1. The zero-order valence-corrected chi connectivity index (χ0v) is 16.8. The molecule has 0 bridgehead atoms. The van der Waals surface area contributed by atoms with Crippen molar-refractivity contribution in [2.24, 2.45) is 0 Å². The molecule has 2 heterocycles. The third-order valence-corrected chi connectivity index (χ3v) is 5.56. The van der Waals surface area contributed by atoms with Crippen molar-refractivity contribution in [1.82, 2.24) is 14.9 Å². The zero-order valence-electron chi connectivity index (χ0n) is 15.2. The van der Waals surface area contributed by atoms with Gasteiger partial charge in [0.15, 0.2) is 11.5 Å². The summed E-state index contributed by atoms with van der Waals surface area (Å²) in [6.07, 6.45) is 1.51. The summed E-state index contributed by atoms with van der Waals surface area (Å²) >= 11 is 6.26. The highest BCUT2D eigenvalue weighted by atomic mass is 35.5. The summed E-state index contributed by atoms with van der Waals surface area (Å²) in [5.41, 5.74) is 1.53. The average molecular weight is 414 g/mol. The molecular formula is C17H20ClN3O5S. The van der Waals surface area contributed by atoms with Crippen molar-refractivity contribution < 1.29 is 17.9 Å². The van der Waals surface area contributed by atoms with Gasteiger partial charge in [0.05, 0.1) is 24.9 Å². The van der Waals surface area contributed by atoms with Crippen LogP contribution in [0.1, 0.15) is 16.8 Å². The van der Waals surface area contributed by atoms with Crippen LogP contribution < -0.4 is 15.0 Å². The minimum atomic E-state index is -3.59. The molecular weight excluding hydrogens is 394 g/mol. The maximum absolute atomic E-state index is 12.2. The highest BCUT2D eigenvalue weighted by Crippen LogP contribution is 2.36. The first-order valence-electron chi connectivity index (χ1n) is 8.17. The number of fused-ring (bicyclic) bond motifs is 1. The lowest BCUT2D eigenvalue weighted by Gasteiger charge is -2.28. The van der Waals surface area contributed by atoms with E-state index in [1.54, 1.807) is 6.07 Å². The normalized spacial score (nSPS) is 14.7. The number of aromatic nitrogens is 2. The Morgan fingerprint density at radius 2 is 2.04 bits per heavy atom. The SMILES string of the molecule is COc1cc(CN2CCc3c(nc(S(C)(=O)=O)[nH]c3=O)C2)cc(Cl)c1OC. The van der Waals surface area contributed by atoms with Crippen LogP contribution in [0.3, 0.4) is 0 Å². The van der Waals surface area contributed by atoms with Crippen molar-refractivity contribution in [1.29, 1.82) is 0 Å². The predicted molar refractivity (Wildman–Crippen MR) is 100 cm³/mol. The Balaban J connectivity index is 1.88. The van der Waals surface area contributed by atoms with E-state index in [-0.39, 0.29) is 5.16 Å². The molecule has 8 nitrogen and oxygen atoms in total. The number of ether oxygens (including phenoxy) is 2. The Morgan fingerprint density at radius 1 is 1.30 bits per heavy atom. The average Bonchev–Trinajstić information content (AvgIpc) is 2.60. The van der Waals surface area contributed by atoms with Crippen molar-refractivity contribution in [2.45, 2.75) is 24.7 Å². The molecule has 2 aromatic rings. The van der Waals surface area contributed by atoms with Crippen LogP contribution in [0.4, 0.5) is 0 Å². The van der Waals surface area contributed by atoms with Crippen molar-refractivity contribution in [2.75, 3.05) is 27.0 Å². The van der Waals surface area contributed by atoms with Gasteiger partial charge < -0.3 is 9.47 Å². The van der Waals surface area contributed by atoms with Crippen LogP contribution in [-0.2, 0) is 29.3 Å². The van der Waals surface area contributed by atoms with Crippen LogP contribution in [0.15, 0.2) is 22.1 Å². The van der Waals surface area contributed by atoms with Gasteiger partial charge in [-0.1, -0.05) is 11.6 Å². The van der Waals surface area contributed by atoms with Gasteiger partial charge in [-0.25, -0.2) is 13.4 Å². The Bertz CT molecular complexity index is 1040. The Hall–Kier alpha value is -2.10. The highest BCUT2D eigenvalue weighted by molar-refractivity contribution is 7.90. The van der Waals surface area contributed by atoms with E-state index in [0.29, 0.717) is 53.8 Å². The van der Waals surface area contributed by atoms with Crippen LogP contribution in [-0.4, -0.2) is 50.3 Å². The van der Waals surface area contributed by atoms with E-state index in [1.807, 2.05) is 6.07 Å². The summed E-state index contributed by atoms with van der Waals surface area (Å²) in [5.74, 6) is 1.00. The molecule has 1 aliphatic rings. The molecule has 1 N–H and O–H groups in total. The van der Waals surface area contributed by atoms with Gasteiger partial charge in [-0.3, -0.25) is 14.7 Å². The van der Waals surface area contributed by atoms with Gasteiger partial charge in [-0.05, 0) is 24.1 Å².